The average molecular weight is 338 g/mol. The molecule has 4 rings (SSSR count). The molecule has 0 fully saturated rings. The summed E-state index contributed by atoms with van der Waals surface area (Å²) >= 11 is 0. The van der Waals surface area contributed by atoms with Gasteiger partial charge in [0.15, 0.2) is 11.6 Å². The Bertz CT molecular complexity index is 853. The molecule has 2 aliphatic rings. The summed E-state index contributed by atoms with van der Waals surface area (Å²) in [7, 11) is 0. The Morgan fingerprint density at radius 1 is 1.36 bits per heavy atom. The number of ketones is 1. The molecular weight excluding hydrogens is 316 g/mol. The lowest BCUT2D eigenvalue weighted by molar-refractivity contribution is -0.116. The van der Waals surface area contributed by atoms with Gasteiger partial charge in [0, 0.05) is 30.7 Å². The van der Waals surface area contributed by atoms with Crippen LogP contribution in [0.5, 0.6) is 0 Å². The maximum atomic E-state index is 12.7. The quantitative estimate of drug-likeness (QED) is 0.895. The molecule has 6 nitrogen and oxygen atoms in total. The molecule has 0 saturated heterocycles. The van der Waals surface area contributed by atoms with Gasteiger partial charge in [-0.1, -0.05) is 29.8 Å². The van der Waals surface area contributed by atoms with Gasteiger partial charge in [-0.2, -0.15) is 10.1 Å². The van der Waals surface area contributed by atoms with E-state index < -0.39 is 0 Å². The van der Waals surface area contributed by atoms with Gasteiger partial charge in [0.1, 0.15) is 6.04 Å². The van der Waals surface area contributed by atoms with E-state index in [1.54, 1.807) is 0 Å². The number of Topliss-reactive ketones (excluding diaryl/α,β-unsaturated/α-hetero) is 1. The highest BCUT2D eigenvalue weighted by atomic mass is 16.2. The minimum Gasteiger partial charge on any atom is -0.396 e. The molecule has 2 heterocycles. The molecule has 130 valence electrons. The number of fused-ring (bicyclic) bond motifs is 1. The first kappa shape index (κ1) is 16.0. The van der Waals surface area contributed by atoms with E-state index in [2.05, 4.69) is 34.5 Å². The van der Waals surface area contributed by atoms with Crippen LogP contribution in [0, 0.1) is 6.92 Å². The highest BCUT2D eigenvalue weighted by Crippen LogP contribution is 2.40. The van der Waals surface area contributed by atoms with Crippen LogP contribution in [0.1, 0.15) is 48.7 Å². The maximum Gasteiger partial charge on any atom is 0.226 e. The van der Waals surface area contributed by atoms with Crippen molar-refractivity contribution in [2.24, 2.45) is 0 Å². The summed E-state index contributed by atoms with van der Waals surface area (Å²) in [5.41, 5.74) is 4.02. The fourth-order valence-corrected chi connectivity index (χ4v) is 3.69. The molecule has 6 heteroatoms. The molecule has 1 aromatic heterocycles. The fraction of sp³-hybridized carbons (Fsp3) is 0.421. The first-order valence-electron chi connectivity index (χ1n) is 8.83. The molecular formula is C19H22N4O2. The van der Waals surface area contributed by atoms with Crippen molar-refractivity contribution in [1.82, 2.24) is 14.8 Å². The van der Waals surface area contributed by atoms with E-state index >= 15 is 0 Å². The SMILES string of the molecule is Cc1cccc(C2C3=C(CCCC3=O)Nc3nc(CCCO)nn32)c1. The number of hydrogen-bond donors (Lipinski definition) is 2. The van der Waals surface area contributed by atoms with Crippen molar-refractivity contribution in [2.75, 3.05) is 11.9 Å². The Hall–Kier alpha value is -2.47. The Kier molecular flexibility index (Phi) is 4.13. The van der Waals surface area contributed by atoms with Crippen LogP contribution in [0.15, 0.2) is 35.5 Å². The zero-order valence-corrected chi connectivity index (χ0v) is 14.3. The third-order valence-corrected chi connectivity index (χ3v) is 4.83. The van der Waals surface area contributed by atoms with Crippen LogP contribution in [-0.2, 0) is 11.2 Å². The van der Waals surface area contributed by atoms with E-state index in [1.165, 1.54) is 0 Å². The molecule has 2 aromatic rings. The van der Waals surface area contributed by atoms with Gasteiger partial charge < -0.3 is 10.4 Å². The van der Waals surface area contributed by atoms with Crippen LogP contribution < -0.4 is 5.32 Å². The minimum atomic E-state index is -0.227. The number of hydrogen-bond acceptors (Lipinski definition) is 5. The molecule has 2 N–H and O–H groups in total. The van der Waals surface area contributed by atoms with Crippen molar-refractivity contribution < 1.29 is 9.90 Å². The van der Waals surface area contributed by atoms with Crippen LogP contribution in [0.25, 0.3) is 0 Å². The minimum absolute atomic E-state index is 0.117. The summed E-state index contributed by atoms with van der Waals surface area (Å²) in [5.74, 6) is 1.58. The van der Waals surface area contributed by atoms with Crippen molar-refractivity contribution in [3.8, 4) is 0 Å². The molecule has 1 aliphatic heterocycles. The number of benzene rings is 1. The highest BCUT2D eigenvalue weighted by Gasteiger charge is 2.36. The first-order chi connectivity index (χ1) is 12.2. The van der Waals surface area contributed by atoms with E-state index in [9.17, 15) is 4.79 Å². The van der Waals surface area contributed by atoms with Crippen molar-refractivity contribution in [1.29, 1.82) is 0 Å². The number of allylic oxidation sites excluding steroid dienone is 2. The second-order valence-electron chi connectivity index (χ2n) is 6.73. The molecule has 1 atom stereocenters. The highest BCUT2D eigenvalue weighted by molar-refractivity contribution is 5.99. The summed E-state index contributed by atoms with van der Waals surface area (Å²) in [6.07, 6.45) is 3.57. The molecule has 0 radical (unpaired) electrons. The molecule has 0 saturated carbocycles. The normalized spacial score (nSPS) is 19.4. The van der Waals surface area contributed by atoms with E-state index in [0.717, 1.165) is 35.2 Å². The summed E-state index contributed by atoms with van der Waals surface area (Å²) in [6.45, 7) is 2.17. The smallest absolute Gasteiger partial charge is 0.226 e. The van der Waals surface area contributed by atoms with Crippen LogP contribution >= 0.6 is 0 Å². The number of aliphatic hydroxyl groups excluding tert-OH is 1. The molecule has 1 unspecified atom stereocenters. The fourth-order valence-electron chi connectivity index (χ4n) is 3.69. The topological polar surface area (TPSA) is 80.0 Å². The summed E-state index contributed by atoms with van der Waals surface area (Å²) in [6, 6.07) is 8.01. The van der Waals surface area contributed by atoms with Gasteiger partial charge in [0.25, 0.3) is 0 Å². The number of nitrogens with zero attached hydrogens (tertiary/aromatic N) is 3. The number of carbonyl (C=O) groups excluding carboxylic acids is 1. The zero-order chi connectivity index (χ0) is 17.4. The van der Waals surface area contributed by atoms with E-state index in [1.807, 2.05) is 16.8 Å². The Labute approximate surface area is 146 Å². The monoisotopic (exact) mass is 338 g/mol. The average Bonchev–Trinajstić information content (AvgIpc) is 3.00. The van der Waals surface area contributed by atoms with E-state index in [0.29, 0.717) is 31.0 Å². The lowest BCUT2D eigenvalue weighted by atomic mass is 9.85. The lowest BCUT2D eigenvalue weighted by Crippen LogP contribution is -2.31. The second kappa shape index (κ2) is 6.44. The van der Waals surface area contributed by atoms with Gasteiger partial charge in [-0.05, 0) is 31.7 Å². The number of rotatable bonds is 4. The predicted octanol–water partition coefficient (Wildman–Crippen LogP) is 2.53. The number of aryl methyl sites for hydroxylation is 2. The second-order valence-corrected chi connectivity index (χ2v) is 6.73. The van der Waals surface area contributed by atoms with Gasteiger partial charge in [-0.15, -0.1) is 0 Å². The molecule has 1 aliphatic carbocycles. The number of aliphatic hydroxyl groups is 1. The van der Waals surface area contributed by atoms with E-state index in [4.69, 9.17) is 5.11 Å². The lowest BCUT2D eigenvalue weighted by Gasteiger charge is -2.32. The Morgan fingerprint density at radius 2 is 2.24 bits per heavy atom. The standard InChI is InChI=1S/C19H22N4O2/c1-12-5-2-6-13(11-12)18-17-14(7-3-8-15(17)25)20-19-21-16(9-4-10-24)22-23(18)19/h2,5-6,11,18,24H,3-4,7-10H2,1H3,(H,20,21,22). The third kappa shape index (κ3) is 2.87. The first-order valence-corrected chi connectivity index (χ1v) is 8.83. The van der Waals surface area contributed by atoms with Gasteiger partial charge in [0.05, 0.1) is 0 Å². The van der Waals surface area contributed by atoms with Crippen molar-refractivity contribution in [3.05, 3.63) is 52.5 Å². The van der Waals surface area contributed by atoms with Crippen LogP contribution in [-0.4, -0.2) is 32.3 Å². The van der Waals surface area contributed by atoms with Gasteiger partial charge in [0.2, 0.25) is 5.95 Å². The van der Waals surface area contributed by atoms with Crippen LogP contribution in [0.3, 0.4) is 0 Å². The molecule has 1 aromatic carbocycles. The molecule has 0 amide bonds. The molecule has 0 spiro atoms. The van der Waals surface area contributed by atoms with Crippen LogP contribution in [0.2, 0.25) is 0 Å². The molecule has 0 bridgehead atoms. The number of nitrogens with one attached hydrogen (secondary N) is 1. The predicted molar refractivity (Wildman–Crippen MR) is 94.3 cm³/mol. The number of anilines is 1. The number of carbonyl (C=O) groups is 1. The van der Waals surface area contributed by atoms with E-state index in [-0.39, 0.29) is 18.4 Å². The van der Waals surface area contributed by atoms with Crippen molar-refractivity contribution in [2.45, 2.75) is 45.1 Å². The third-order valence-electron chi connectivity index (χ3n) is 4.83. The zero-order valence-electron chi connectivity index (χ0n) is 14.3. The largest absolute Gasteiger partial charge is 0.396 e. The summed E-state index contributed by atoms with van der Waals surface area (Å²) in [4.78, 5) is 17.3. The van der Waals surface area contributed by atoms with Crippen molar-refractivity contribution >= 4 is 11.7 Å². The van der Waals surface area contributed by atoms with Crippen molar-refractivity contribution in [3.63, 3.8) is 0 Å². The molecule has 25 heavy (non-hydrogen) atoms. The van der Waals surface area contributed by atoms with Gasteiger partial charge >= 0.3 is 0 Å². The number of aromatic nitrogens is 3. The Morgan fingerprint density at radius 3 is 3.04 bits per heavy atom. The maximum absolute atomic E-state index is 12.7. The van der Waals surface area contributed by atoms with Crippen LogP contribution in [0.4, 0.5) is 5.95 Å². The summed E-state index contributed by atoms with van der Waals surface area (Å²) in [5, 5.41) is 17.0. The Balaban J connectivity index is 1.83. The summed E-state index contributed by atoms with van der Waals surface area (Å²) < 4.78 is 1.84. The van der Waals surface area contributed by atoms with Gasteiger partial charge in [-0.3, -0.25) is 4.79 Å². The van der Waals surface area contributed by atoms with Gasteiger partial charge in [-0.25, -0.2) is 4.68 Å².